The smallest absolute Gasteiger partial charge is 0.391 e. The van der Waals surface area contributed by atoms with Gasteiger partial charge in [-0.2, -0.15) is 0 Å². The van der Waals surface area contributed by atoms with Gasteiger partial charge in [0.2, 0.25) is 5.50 Å². The van der Waals surface area contributed by atoms with Crippen molar-refractivity contribution in [3.8, 4) is 0 Å². The number of hydrogen-bond acceptors (Lipinski definition) is 2. The van der Waals surface area contributed by atoms with Gasteiger partial charge < -0.3 is 14.2 Å². The minimum Gasteiger partial charge on any atom is -0.442 e. The van der Waals surface area contributed by atoms with Crippen molar-refractivity contribution in [1.82, 2.24) is 0 Å². The van der Waals surface area contributed by atoms with Gasteiger partial charge in [0.05, 0.1) is 0 Å². The van der Waals surface area contributed by atoms with Crippen LogP contribution in [0.2, 0.25) is 0 Å². The van der Waals surface area contributed by atoms with Gasteiger partial charge >= 0.3 is 7.60 Å². The van der Waals surface area contributed by atoms with E-state index < -0.39 is 7.60 Å². The van der Waals surface area contributed by atoms with Gasteiger partial charge in [-0.15, -0.1) is 0 Å². The largest absolute Gasteiger partial charge is 0.442 e. The average molecular weight is 274 g/mol. The zero-order chi connectivity index (χ0) is 7.78. The molecule has 56 valence electrons. The van der Waals surface area contributed by atoms with Crippen LogP contribution in [0.5, 0.6) is 0 Å². The van der Waals surface area contributed by atoms with Crippen molar-refractivity contribution >= 4 is 35.7 Å². The molecule has 4 nitrogen and oxygen atoms in total. The molecule has 0 radical (unpaired) electrons. The Hall–Kier alpha value is 0.160. The normalized spacial score (nSPS) is 11.9. The molecule has 0 unspecified atom stereocenters. The van der Waals surface area contributed by atoms with E-state index in [1.54, 1.807) is 0 Å². The van der Waals surface area contributed by atoms with E-state index in [4.69, 9.17) is 9.79 Å². The molecule has 0 aromatic carbocycles. The fourth-order valence-corrected chi connectivity index (χ4v) is 1.54. The van der Waals surface area contributed by atoms with Crippen molar-refractivity contribution in [2.75, 3.05) is 0 Å². The molecule has 0 spiro atoms. The zero-order valence-corrected chi connectivity index (χ0v) is 7.74. The van der Waals surface area contributed by atoms with E-state index in [-0.39, 0.29) is 5.50 Å². The van der Waals surface area contributed by atoms with E-state index in [2.05, 4.69) is 4.42 Å². The quantitative estimate of drug-likeness (QED) is 0.583. The minimum absolute atomic E-state index is 0.281. The van der Waals surface area contributed by atoms with E-state index in [0.717, 1.165) is 0 Å². The minimum atomic E-state index is -4.17. The Labute approximate surface area is 70.5 Å². The van der Waals surface area contributed by atoms with E-state index in [9.17, 15) is 4.57 Å². The lowest BCUT2D eigenvalue weighted by atomic mass is 10.7. The van der Waals surface area contributed by atoms with Gasteiger partial charge in [0.25, 0.3) is 0 Å². The van der Waals surface area contributed by atoms with Crippen molar-refractivity contribution < 1.29 is 18.8 Å². The summed E-state index contributed by atoms with van der Waals surface area (Å²) in [6.07, 6.45) is 0. The van der Waals surface area contributed by atoms with Crippen LogP contribution in [0.15, 0.2) is 16.5 Å². The Morgan fingerprint density at radius 1 is 1.50 bits per heavy atom. The van der Waals surface area contributed by atoms with Gasteiger partial charge in [0, 0.05) is 0 Å². The molecular weight excluding hydrogens is 270 g/mol. The molecule has 0 amide bonds. The lowest BCUT2D eigenvalue weighted by molar-refractivity contribution is 0.375. The summed E-state index contributed by atoms with van der Waals surface area (Å²) in [6, 6.07) is 2.76. The number of rotatable bonds is 1. The second kappa shape index (κ2) is 2.65. The van der Waals surface area contributed by atoms with E-state index in [0.29, 0.717) is 3.77 Å². The molecule has 1 aromatic heterocycles. The van der Waals surface area contributed by atoms with Gasteiger partial charge in [-0.05, 0) is 34.7 Å². The Morgan fingerprint density at radius 3 is 2.30 bits per heavy atom. The molecule has 0 fully saturated rings. The molecule has 0 saturated heterocycles. The third-order valence-corrected chi connectivity index (χ3v) is 2.24. The summed E-state index contributed by atoms with van der Waals surface area (Å²) in [5, 5.41) is 0. The summed E-state index contributed by atoms with van der Waals surface area (Å²) < 4.78 is 15.6. The standard InChI is InChI=1S/C4H4IO4P/c5-3-1-2-4(9-3)10(6,7)8/h1-2H,(H2,6,7,8). The fourth-order valence-electron chi connectivity index (χ4n) is 0.461. The monoisotopic (exact) mass is 274 g/mol. The van der Waals surface area contributed by atoms with Crippen molar-refractivity contribution in [1.29, 1.82) is 0 Å². The van der Waals surface area contributed by atoms with E-state index in [1.165, 1.54) is 12.1 Å². The average Bonchev–Trinajstić information content (AvgIpc) is 2.11. The lowest BCUT2D eigenvalue weighted by Gasteiger charge is -1.95. The highest BCUT2D eigenvalue weighted by Crippen LogP contribution is 2.33. The highest BCUT2D eigenvalue weighted by molar-refractivity contribution is 14.1. The third-order valence-electron chi connectivity index (χ3n) is 0.846. The number of hydrogen-bond donors (Lipinski definition) is 2. The summed E-state index contributed by atoms with van der Waals surface area (Å²) in [4.78, 5) is 17.0. The van der Waals surface area contributed by atoms with Gasteiger partial charge in [0.15, 0.2) is 3.77 Å². The molecule has 2 N–H and O–H groups in total. The number of halogens is 1. The van der Waals surface area contributed by atoms with Crippen molar-refractivity contribution in [3.05, 3.63) is 15.9 Å². The second-order valence-corrected chi connectivity index (χ2v) is 4.21. The Balaban J connectivity index is 3.08. The number of furan rings is 1. The Morgan fingerprint density at radius 2 is 2.10 bits per heavy atom. The molecule has 6 heteroatoms. The maximum absolute atomic E-state index is 10.4. The fraction of sp³-hybridized carbons (Fsp3) is 0. The predicted molar refractivity (Wildman–Crippen MR) is 43.1 cm³/mol. The first-order valence-corrected chi connectivity index (χ1v) is 5.01. The van der Waals surface area contributed by atoms with Gasteiger partial charge in [-0.1, -0.05) is 0 Å². The molecule has 0 aliphatic carbocycles. The van der Waals surface area contributed by atoms with Crippen molar-refractivity contribution in [2.24, 2.45) is 0 Å². The van der Waals surface area contributed by atoms with Crippen LogP contribution in [0.25, 0.3) is 0 Å². The highest BCUT2D eigenvalue weighted by atomic mass is 127. The van der Waals surface area contributed by atoms with Gasteiger partial charge in [-0.25, -0.2) is 0 Å². The first-order valence-electron chi connectivity index (χ1n) is 2.31. The molecule has 1 aromatic rings. The second-order valence-electron chi connectivity index (χ2n) is 1.62. The molecule has 0 bridgehead atoms. The molecule has 0 aliphatic rings. The first kappa shape index (κ1) is 8.26. The SMILES string of the molecule is O=P(O)(O)c1ccc(I)o1. The van der Waals surface area contributed by atoms with Crippen LogP contribution in [0.3, 0.4) is 0 Å². The summed E-state index contributed by atoms with van der Waals surface area (Å²) >= 11 is 1.83. The van der Waals surface area contributed by atoms with Crippen LogP contribution < -0.4 is 5.50 Å². The van der Waals surface area contributed by atoms with Crippen molar-refractivity contribution in [3.63, 3.8) is 0 Å². The maximum atomic E-state index is 10.4. The molecule has 0 saturated carbocycles. The maximum Gasteiger partial charge on any atom is 0.391 e. The van der Waals surface area contributed by atoms with Crippen LogP contribution in [0.4, 0.5) is 0 Å². The Bertz CT molecular complexity index is 275. The van der Waals surface area contributed by atoms with Crippen LogP contribution in [-0.2, 0) is 4.57 Å². The zero-order valence-electron chi connectivity index (χ0n) is 4.69. The van der Waals surface area contributed by atoms with Crippen LogP contribution in [0.1, 0.15) is 0 Å². The lowest BCUT2D eigenvalue weighted by Crippen LogP contribution is -1.98. The van der Waals surface area contributed by atoms with Gasteiger partial charge in [0.1, 0.15) is 0 Å². The summed E-state index contributed by atoms with van der Waals surface area (Å²) in [6.45, 7) is 0. The van der Waals surface area contributed by atoms with Crippen LogP contribution in [-0.4, -0.2) is 9.79 Å². The summed E-state index contributed by atoms with van der Waals surface area (Å²) in [5.41, 5.74) is -0.281. The molecular formula is C4H4IO4P. The molecule has 0 atom stereocenters. The van der Waals surface area contributed by atoms with E-state index >= 15 is 0 Å². The summed E-state index contributed by atoms with van der Waals surface area (Å²) in [5.74, 6) is 0. The first-order chi connectivity index (χ1) is 4.50. The Kier molecular flexibility index (Phi) is 2.19. The van der Waals surface area contributed by atoms with Crippen LogP contribution in [0, 0.1) is 3.77 Å². The summed E-state index contributed by atoms with van der Waals surface area (Å²) in [7, 11) is -4.17. The van der Waals surface area contributed by atoms with Gasteiger partial charge in [-0.3, -0.25) is 4.57 Å². The molecule has 1 rings (SSSR count). The topological polar surface area (TPSA) is 70.7 Å². The predicted octanol–water partition coefficient (Wildman–Crippen LogP) is 0.687. The van der Waals surface area contributed by atoms with Crippen LogP contribution >= 0.6 is 30.2 Å². The van der Waals surface area contributed by atoms with Crippen molar-refractivity contribution in [2.45, 2.75) is 0 Å². The molecule has 10 heavy (non-hydrogen) atoms. The molecule has 0 aliphatic heterocycles. The molecule has 1 heterocycles. The third kappa shape index (κ3) is 1.82. The van der Waals surface area contributed by atoms with E-state index in [1.807, 2.05) is 22.6 Å². The highest BCUT2D eigenvalue weighted by Gasteiger charge is 2.20.